The van der Waals surface area contributed by atoms with Crippen molar-refractivity contribution in [3.63, 3.8) is 0 Å². The van der Waals surface area contributed by atoms with E-state index in [2.05, 4.69) is 10.6 Å². The molecular weight excluding hydrogens is 274 g/mol. The minimum Gasteiger partial charge on any atom is -0.399 e. The maximum Gasteiger partial charge on any atom is 0.253 e. The van der Waals surface area contributed by atoms with Crippen LogP contribution in [-0.4, -0.2) is 13.0 Å². The average Bonchev–Trinajstić information content (AvgIpc) is 2.46. The molecule has 0 aliphatic carbocycles. The monoisotopic (exact) mass is 289 g/mol. The molecule has 0 aromatic heterocycles. The van der Waals surface area contributed by atoms with Crippen LogP contribution >= 0.6 is 11.6 Å². The zero-order chi connectivity index (χ0) is 14.5. The minimum absolute atomic E-state index is 0.149. The smallest absolute Gasteiger partial charge is 0.253 e. The van der Waals surface area contributed by atoms with Gasteiger partial charge >= 0.3 is 0 Å². The van der Waals surface area contributed by atoms with Crippen LogP contribution in [0.25, 0.3) is 0 Å². The van der Waals surface area contributed by atoms with E-state index in [1.54, 1.807) is 25.2 Å². The first-order valence-corrected chi connectivity index (χ1v) is 6.58. The number of nitrogen functional groups attached to an aromatic ring is 1. The van der Waals surface area contributed by atoms with Gasteiger partial charge in [0.25, 0.3) is 5.91 Å². The second-order valence-corrected chi connectivity index (χ2v) is 4.80. The summed E-state index contributed by atoms with van der Waals surface area (Å²) in [7, 11) is 1.60. The third kappa shape index (κ3) is 3.42. The molecule has 0 saturated carbocycles. The van der Waals surface area contributed by atoms with Crippen LogP contribution in [0.3, 0.4) is 0 Å². The van der Waals surface area contributed by atoms with Crippen molar-refractivity contribution in [2.75, 3.05) is 18.1 Å². The Bertz CT molecular complexity index is 611. The summed E-state index contributed by atoms with van der Waals surface area (Å²) in [6.45, 7) is 0.588. The molecule has 0 aliphatic heterocycles. The van der Waals surface area contributed by atoms with Crippen LogP contribution in [0.15, 0.2) is 42.5 Å². The molecule has 0 aliphatic rings. The fourth-order valence-corrected chi connectivity index (χ4v) is 1.97. The second-order valence-electron chi connectivity index (χ2n) is 4.36. The first kappa shape index (κ1) is 14.2. The minimum atomic E-state index is -0.149. The van der Waals surface area contributed by atoms with Gasteiger partial charge in [-0.3, -0.25) is 4.79 Å². The predicted molar refractivity (Wildman–Crippen MR) is 83.0 cm³/mol. The first-order chi connectivity index (χ1) is 9.60. The standard InChI is InChI=1S/C15H16ClN3O/c1-18-15(20)13-7-6-12(17)8-14(13)19-9-10-2-4-11(16)5-3-10/h2-8,19H,9,17H2,1H3,(H,18,20). The Hall–Kier alpha value is -2.20. The molecule has 0 fully saturated rings. The number of nitrogens with two attached hydrogens (primary N) is 1. The lowest BCUT2D eigenvalue weighted by Crippen LogP contribution is -2.19. The maximum absolute atomic E-state index is 11.8. The van der Waals surface area contributed by atoms with Gasteiger partial charge in [-0.05, 0) is 35.9 Å². The Morgan fingerprint density at radius 2 is 1.90 bits per heavy atom. The number of rotatable bonds is 4. The molecule has 2 aromatic rings. The normalized spacial score (nSPS) is 10.1. The van der Waals surface area contributed by atoms with Crippen molar-refractivity contribution in [2.24, 2.45) is 0 Å². The highest BCUT2D eigenvalue weighted by atomic mass is 35.5. The number of hydrogen-bond donors (Lipinski definition) is 3. The topological polar surface area (TPSA) is 67.2 Å². The number of benzene rings is 2. The summed E-state index contributed by atoms with van der Waals surface area (Å²) in [5, 5.41) is 6.53. The fraction of sp³-hybridized carbons (Fsp3) is 0.133. The van der Waals surface area contributed by atoms with Crippen molar-refractivity contribution in [1.82, 2.24) is 5.32 Å². The summed E-state index contributed by atoms with van der Waals surface area (Å²) in [5.74, 6) is -0.149. The highest BCUT2D eigenvalue weighted by Gasteiger charge is 2.09. The lowest BCUT2D eigenvalue weighted by molar-refractivity contribution is 0.0964. The van der Waals surface area contributed by atoms with Crippen LogP contribution in [0.1, 0.15) is 15.9 Å². The zero-order valence-corrected chi connectivity index (χ0v) is 11.9. The summed E-state index contributed by atoms with van der Waals surface area (Å²) >= 11 is 5.85. The van der Waals surface area contributed by atoms with Crippen LogP contribution in [0.4, 0.5) is 11.4 Å². The van der Waals surface area contributed by atoms with Crippen LogP contribution < -0.4 is 16.4 Å². The second kappa shape index (κ2) is 6.30. The van der Waals surface area contributed by atoms with Crippen molar-refractivity contribution in [3.8, 4) is 0 Å². The number of halogens is 1. The van der Waals surface area contributed by atoms with Gasteiger partial charge in [0.05, 0.1) is 5.56 Å². The molecule has 0 atom stereocenters. The third-order valence-electron chi connectivity index (χ3n) is 2.91. The number of anilines is 2. The Kier molecular flexibility index (Phi) is 4.48. The van der Waals surface area contributed by atoms with Gasteiger partial charge in [0.2, 0.25) is 0 Å². The maximum atomic E-state index is 11.8. The molecule has 0 radical (unpaired) electrons. The predicted octanol–water partition coefficient (Wildman–Crippen LogP) is 2.89. The number of amides is 1. The number of carbonyl (C=O) groups is 1. The van der Waals surface area contributed by atoms with Gasteiger partial charge in [0, 0.05) is 30.0 Å². The summed E-state index contributed by atoms with van der Waals surface area (Å²) < 4.78 is 0. The van der Waals surface area contributed by atoms with E-state index >= 15 is 0 Å². The number of hydrogen-bond acceptors (Lipinski definition) is 3. The van der Waals surface area contributed by atoms with Gasteiger partial charge in [-0.2, -0.15) is 0 Å². The van der Waals surface area contributed by atoms with E-state index in [0.717, 1.165) is 5.56 Å². The molecule has 0 bridgehead atoms. The molecule has 104 valence electrons. The molecular formula is C15H16ClN3O. The lowest BCUT2D eigenvalue weighted by atomic mass is 10.1. The molecule has 5 heteroatoms. The van der Waals surface area contributed by atoms with Gasteiger partial charge in [-0.15, -0.1) is 0 Å². The quantitative estimate of drug-likeness (QED) is 0.758. The van der Waals surface area contributed by atoms with E-state index in [-0.39, 0.29) is 5.91 Å². The highest BCUT2D eigenvalue weighted by Crippen LogP contribution is 2.20. The van der Waals surface area contributed by atoms with E-state index in [9.17, 15) is 4.79 Å². The van der Waals surface area contributed by atoms with E-state index in [0.29, 0.717) is 28.5 Å². The van der Waals surface area contributed by atoms with Gasteiger partial charge < -0.3 is 16.4 Å². The summed E-state index contributed by atoms with van der Waals surface area (Å²) in [6.07, 6.45) is 0. The van der Waals surface area contributed by atoms with Gasteiger partial charge in [-0.25, -0.2) is 0 Å². The van der Waals surface area contributed by atoms with Crippen molar-refractivity contribution in [3.05, 3.63) is 58.6 Å². The summed E-state index contributed by atoms with van der Waals surface area (Å²) in [5.41, 5.74) is 8.72. The third-order valence-corrected chi connectivity index (χ3v) is 3.16. The Morgan fingerprint density at radius 3 is 2.55 bits per heavy atom. The number of nitrogens with one attached hydrogen (secondary N) is 2. The Balaban J connectivity index is 2.17. The highest BCUT2D eigenvalue weighted by molar-refractivity contribution is 6.30. The van der Waals surface area contributed by atoms with Crippen molar-refractivity contribution in [2.45, 2.75) is 6.54 Å². The van der Waals surface area contributed by atoms with Gasteiger partial charge in [0.15, 0.2) is 0 Å². The molecule has 0 saturated heterocycles. The molecule has 4 N–H and O–H groups in total. The summed E-state index contributed by atoms with van der Waals surface area (Å²) in [4.78, 5) is 11.8. The fourth-order valence-electron chi connectivity index (χ4n) is 1.84. The SMILES string of the molecule is CNC(=O)c1ccc(N)cc1NCc1ccc(Cl)cc1. The van der Waals surface area contributed by atoms with Crippen molar-refractivity contribution >= 4 is 28.9 Å². The van der Waals surface area contributed by atoms with Crippen molar-refractivity contribution < 1.29 is 4.79 Å². The molecule has 1 amide bonds. The molecule has 2 rings (SSSR count). The Labute approximate surface area is 122 Å². The average molecular weight is 290 g/mol. The molecule has 4 nitrogen and oxygen atoms in total. The molecule has 0 heterocycles. The van der Waals surface area contributed by atoms with E-state index in [1.807, 2.05) is 24.3 Å². The Morgan fingerprint density at radius 1 is 1.20 bits per heavy atom. The van der Waals surface area contributed by atoms with Crippen molar-refractivity contribution in [1.29, 1.82) is 0 Å². The first-order valence-electron chi connectivity index (χ1n) is 6.20. The summed E-state index contributed by atoms with van der Waals surface area (Å²) in [6, 6.07) is 12.7. The van der Waals surface area contributed by atoms with Crippen LogP contribution in [0.2, 0.25) is 5.02 Å². The van der Waals surface area contributed by atoms with Crippen LogP contribution in [0.5, 0.6) is 0 Å². The molecule has 2 aromatic carbocycles. The largest absolute Gasteiger partial charge is 0.399 e. The molecule has 0 spiro atoms. The van der Waals surface area contributed by atoms with Gasteiger partial charge in [-0.1, -0.05) is 23.7 Å². The number of carbonyl (C=O) groups excluding carboxylic acids is 1. The molecule has 20 heavy (non-hydrogen) atoms. The van der Waals surface area contributed by atoms with E-state index in [1.165, 1.54) is 0 Å². The lowest BCUT2D eigenvalue weighted by Gasteiger charge is -2.12. The molecule has 0 unspecified atom stereocenters. The van der Waals surface area contributed by atoms with Gasteiger partial charge in [0.1, 0.15) is 0 Å². The van der Waals surface area contributed by atoms with E-state index < -0.39 is 0 Å². The van der Waals surface area contributed by atoms with Crippen LogP contribution in [-0.2, 0) is 6.54 Å². The van der Waals surface area contributed by atoms with E-state index in [4.69, 9.17) is 17.3 Å². The van der Waals surface area contributed by atoms with Crippen LogP contribution in [0, 0.1) is 0 Å². The zero-order valence-electron chi connectivity index (χ0n) is 11.1.